The SMILES string of the molecule is Nc1cc(F)c(C#Cc2cn([C@@H]3O[C@H](CNS(N)(=O)=O)[C@@H](O)[C@H]3O)c3ncnc(N)c23)c(F)c1. The predicted molar refractivity (Wildman–Crippen MR) is 116 cm³/mol. The molecule has 4 rings (SSSR count). The third kappa shape index (κ3) is 4.50. The number of nitrogens with zero attached hydrogens (tertiary/aromatic N) is 3. The van der Waals surface area contributed by atoms with Crippen molar-refractivity contribution in [1.29, 1.82) is 0 Å². The van der Waals surface area contributed by atoms with Gasteiger partial charge in [0.25, 0.3) is 10.2 Å². The van der Waals surface area contributed by atoms with E-state index in [4.69, 9.17) is 21.3 Å². The highest BCUT2D eigenvalue weighted by Gasteiger charge is 2.44. The van der Waals surface area contributed by atoms with E-state index in [1.54, 1.807) is 0 Å². The summed E-state index contributed by atoms with van der Waals surface area (Å²) in [4.78, 5) is 8.01. The average molecular weight is 495 g/mol. The van der Waals surface area contributed by atoms with Crippen molar-refractivity contribution >= 4 is 32.7 Å². The highest BCUT2D eigenvalue weighted by molar-refractivity contribution is 7.87. The molecule has 3 aromatic rings. The molecule has 3 heterocycles. The van der Waals surface area contributed by atoms with Crippen LogP contribution in [0.2, 0.25) is 0 Å². The van der Waals surface area contributed by atoms with Gasteiger partial charge in [-0.05, 0) is 12.1 Å². The van der Waals surface area contributed by atoms with Crippen molar-refractivity contribution in [1.82, 2.24) is 19.3 Å². The number of fused-ring (bicyclic) bond motifs is 1. The standard InChI is InChI=1S/C19H19F2N7O5S/c20-11-3-9(22)4-12(21)10(11)2-1-8-6-28(18-14(8)17(23)25-7-26-18)19-16(30)15(29)13(33-19)5-27-34(24,31)32/h3-4,6-7,13,15-16,19,27,29-30H,5,22H2,(H2,23,25,26)(H2,24,31,32)/t13-,15-,16-,19-/m1/s1. The van der Waals surface area contributed by atoms with Gasteiger partial charge in [-0.3, -0.25) is 0 Å². The third-order valence-electron chi connectivity index (χ3n) is 5.12. The smallest absolute Gasteiger partial charge is 0.274 e. The Labute approximate surface area is 191 Å². The second-order valence-electron chi connectivity index (χ2n) is 7.46. The Morgan fingerprint density at radius 3 is 2.47 bits per heavy atom. The lowest BCUT2D eigenvalue weighted by molar-refractivity contribution is -0.0327. The number of ether oxygens (including phenoxy) is 1. The van der Waals surface area contributed by atoms with Gasteiger partial charge in [0.15, 0.2) is 6.23 Å². The molecule has 0 bridgehead atoms. The van der Waals surface area contributed by atoms with Crippen LogP contribution in [0.4, 0.5) is 20.3 Å². The van der Waals surface area contributed by atoms with Crippen LogP contribution in [-0.4, -0.2) is 58.0 Å². The van der Waals surface area contributed by atoms with Gasteiger partial charge in [0.1, 0.15) is 47.7 Å². The number of aliphatic hydroxyl groups excluding tert-OH is 2. The normalized spacial score (nSPS) is 22.6. The molecule has 1 aliphatic rings. The fraction of sp³-hybridized carbons (Fsp3) is 0.263. The number of rotatable bonds is 4. The molecule has 0 radical (unpaired) electrons. The fourth-order valence-electron chi connectivity index (χ4n) is 3.57. The zero-order valence-corrected chi connectivity index (χ0v) is 18.0. The van der Waals surface area contributed by atoms with Gasteiger partial charge < -0.3 is 31.0 Å². The van der Waals surface area contributed by atoms with Gasteiger partial charge in [-0.1, -0.05) is 11.8 Å². The molecule has 12 nitrogen and oxygen atoms in total. The molecule has 1 aliphatic heterocycles. The molecular weight excluding hydrogens is 476 g/mol. The van der Waals surface area contributed by atoms with E-state index in [2.05, 4.69) is 21.8 Å². The predicted octanol–water partition coefficient (Wildman–Crippen LogP) is -1.31. The van der Waals surface area contributed by atoms with Gasteiger partial charge in [0, 0.05) is 18.4 Å². The van der Waals surface area contributed by atoms with Crippen molar-refractivity contribution in [2.24, 2.45) is 5.14 Å². The van der Waals surface area contributed by atoms with Gasteiger partial charge in [-0.25, -0.2) is 23.9 Å². The van der Waals surface area contributed by atoms with Crippen molar-refractivity contribution in [2.75, 3.05) is 18.0 Å². The molecule has 1 aromatic carbocycles. The Bertz CT molecular complexity index is 1410. The first-order valence-corrected chi connectivity index (χ1v) is 11.2. The molecule has 2 aromatic heterocycles. The first-order chi connectivity index (χ1) is 16.0. The van der Waals surface area contributed by atoms with Crippen LogP contribution in [0.3, 0.4) is 0 Å². The van der Waals surface area contributed by atoms with Crippen molar-refractivity contribution in [3.63, 3.8) is 0 Å². The van der Waals surface area contributed by atoms with Gasteiger partial charge in [-0.15, -0.1) is 0 Å². The minimum absolute atomic E-state index is 0.00761. The van der Waals surface area contributed by atoms with Crippen LogP contribution in [0.1, 0.15) is 17.4 Å². The fourth-order valence-corrected chi connectivity index (χ4v) is 3.96. The topological polar surface area (TPSA) is 205 Å². The largest absolute Gasteiger partial charge is 0.399 e. The van der Waals surface area contributed by atoms with Crippen molar-refractivity contribution < 1.29 is 32.1 Å². The number of hydrogen-bond acceptors (Lipinski definition) is 9. The second-order valence-corrected chi connectivity index (χ2v) is 8.84. The number of nitrogens with two attached hydrogens (primary N) is 3. The summed E-state index contributed by atoms with van der Waals surface area (Å²) in [7, 11) is -4.07. The Balaban J connectivity index is 1.75. The van der Waals surface area contributed by atoms with Crippen LogP contribution in [-0.2, 0) is 14.9 Å². The minimum atomic E-state index is -4.07. The lowest BCUT2D eigenvalue weighted by Crippen LogP contribution is -2.42. The van der Waals surface area contributed by atoms with Crippen LogP contribution in [0, 0.1) is 23.5 Å². The van der Waals surface area contributed by atoms with Crippen molar-refractivity contribution in [2.45, 2.75) is 24.5 Å². The number of halogens is 2. The first-order valence-electron chi connectivity index (χ1n) is 9.63. The summed E-state index contributed by atoms with van der Waals surface area (Å²) in [6, 6.07) is 1.85. The number of nitrogens with one attached hydrogen (secondary N) is 1. The first kappa shape index (κ1) is 23.8. The van der Waals surface area contributed by atoms with E-state index >= 15 is 0 Å². The molecule has 4 atom stereocenters. The molecule has 180 valence electrons. The van der Waals surface area contributed by atoms with Gasteiger partial charge in [0.2, 0.25) is 0 Å². The molecule has 15 heteroatoms. The van der Waals surface area contributed by atoms with Crippen LogP contribution in [0.25, 0.3) is 11.0 Å². The zero-order chi connectivity index (χ0) is 24.8. The molecule has 34 heavy (non-hydrogen) atoms. The van der Waals surface area contributed by atoms with Crippen LogP contribution < -0.4 is 21.3 Å². The monoisotopic (exact) mass is 495 g/mol. The van der Waals surface area contributed by atoms with Crippen molar-refractivity contribution in [3.8, 4) is 11.8 Å². The van der Waals surface area contributed by atoms with Crippen LogP contribution in [0.5, 0.6) is 0 Å². The molecule has 0 saturated carbocycles. The molecule has 0 unspecified atom stereocenters. The number of aromatic nitrogens is 3. The number of aliphatic hydroxyl groups is 2. The summed E-state index contributed by atoms with van der Waals surface area (Å²) in [6.45, 7) is -0.410. The third-order valence-corrected chi connectivity index (χ3v) is 5.69. The maximum atomic E-state index is 14.1. The lowest BCUT2D eigenvalue weighted by atomic mass is 10.1. The molecule has 1 fully saturated rings. The molecule has 9 N–H and O–H groups in total. The maximum Gasteiger partial charge on any atom is 0.274 e. The van der Waals surface area contributed by atoms with E-state index in [0.717, 1.165) is 18.5 Å². The molecule has 0 spiro atoms. The molecule has 0 aliphatic carbocycles. The number of anilines is 2. The summed E-state index contributed by atoms with van der Waals surface area (Å²) < 4.78 is 59.5. The van der Waals surface area contributed by atoms with Gasteiger partial charge >= 0.3 is 0 Å². The second kappa shape index (κ2) is 8.76. The summed E-state index contributed by atoms with van der Waals surface area (Å²) >= 11 is 0. The van der Waals surface area contributed by atoms with E-state index in [1.807, 2.05) is 4.72 Å². The quantitative estimate of drug-likeness (QED) is 0.187. The Kier molecular flexibility index (Phi) is 6.12. The maximum absolute atomic E-state index is 14.1. The van der Waals surface area contributed by atoms with Crippen molar-refractivity contribution in [3.05, 3.63) is 47.4 Å². The summed E-state index contributed by atoms with van der Waals surface area (Å²) in [6.07, 6.45) is -2.88. The van der Waals surface area contributed by atoms with Gasteiger partial charge in [0.05, 0.1) is 16.5 Å². The number of benzene rings is 1. The number of nitrogen functional groups attached to an aromatic ring is 2. The van der Waals surface area contributed by atoms with Crippen LogP contribution in [0.15, 0.2) is 24.7 Å². The summed E-state index contributed by atoms with van der Waals surface area (Å²) in [5.41, 5.74) is 11.1. The summed E-state index contributed by atoms with van der Waals surface area (Å²) in [5, 5.41) is 25.9. The van der Waals surface area contributed by atoms with E-state index in [9.17, 15) is 27.4 Å². The van der Waals surface area contributed by atoms with E-state index in [-0.39, 0.29) is 28.1 Å². The number of hydrogen-bond donors (Lipinski definition) is 6. The Hall–Kier alpha value is -3.39. The minimum Gasteiger partial charge on any atom is -0.399 e. The van der Waals surface area contributed by atoms with Crippen LogP contribution >= 0.6 is 0 Å². The highest BCUT2D eigenvalue weighted by Crippen LogP contribution is 2.34. The van der Waals surface area contributed by atoms with E-state index < -0.39 is 58.5 Å². The highest BCUT2D eigenvalue weighted by atomic mass is 32.2. The summed E-state index contributed by atoms with van der Waals surface area (Å²) in [5.74, 6) is 3.08. The van der Waals surface area contributed by atoms with E-state index in [0.29, 0.717) is 0 Å². The zero-order valence-electron chi connectivity index (χ0n) is 17.2. The molecule has 0 amide bonds. The van der Waals surface area contributed by atoms with Gasteiger partial charge in [-0.2, -0.15) is 13.1 Å². The Morgan fingerprint density at radius 2 is 1.82 bits per heavy atom. The van der Waals surface area contributed by atoms with E-state index in [1.165, 1.54) is 10.8 Å². The lowest BCUT2D eigenvalue weighted by Gasteiger charge is -2.17. The average Bonchev–Trinajstić information content (AvgIpc) is 3.24. The molecular formula is C19H19F2N7O5S. The Morgan fingerprint density at radius 1 is 1.15 bits per heavy atom. The molecule has 1 saturated heterocycles.